The van der Waals surface area contributed by atoms with Crippen LogP contribution in [0.25, 0.3) is 0 Å². The van der Waals surface area contributed by atoms with Gasteiger partial charge in [-0.3, -0.25) is 4.79 Å². The van der Waals surface area contributed by atoms with Crippen molar-refractivity contribution in [3.05, 3.63) is 59.4 Å². The van der Waals surface area contributed by atoms with Crippen molar-refractivity contribution in [2.45, 2.75) is 45.8 Å². The van der Waals surface area contributed by atoms with Crippen LogP contribution < -0.4 is 5.32 Å². The maximum atomic E-state index is 12.9. The zero-order chi connectivity index (χ0) is 17.3. The molecular weight excluding hydrogens is 298 g/mol. The molecule has 1 atom stereocenters. The molecule has 24 heavy (non-hydrogen) atoms. The number of amides is 1. The SMILES string of the molecule is Cc1ccccc1C1c2cccn2CCN1C(=O)CNC(C)(C)C. The molecule has 0 radical (unpaired) electrons. The number of nitrogens with one attached hydrogen (secondary N) is 1. The lowest BCUT2D eigenvalue weighted by Gasteiger charge is -2.38. The van der Waals surface area contributed by atoms with Gasteiger partial charge in [0.15, 0.2) is 0 Å². The first kappa shape index (κ1) is 16.8. The third kappa shape index (κ3) is 3.39. The molecule has 1 N–H and O–H groups in total. The molecule has 2 aromatic rings. The van der Waals surface area contributed by atoms with E-state index in [0.29, 0.717) is 6.54 Å². The molecule has 0 spiro atoms. The van der Waals surface area contributed by atoms with Crippen LogP contribution in [0.1, 0.15) is 43.6 Å². The molecule has 1 aromatic heterocycles. The highest BCUT2D eigenvalue weighted by Crippen LogP contribution is 2.34. The lowest BCUT2D eigenvalue weighted by atomic mass is 9.95. The summed E-state index contributed by atoms with van der Waals surface area (Å²) >= 11 is 0. The molecule has 1 aliphatic rings. The van der Waals surface area contributed by atoms with Crippen molar-refractivity contribution in [1.29, 1.82) is 0 Å². The number of fused-ring (bicyclic) bond motifs is 1. The van der Waals surface area contributed by atoms with Gasteiger partial charge in [0.05, 0.1) is 12.6 Å². The van der Waals surface area contributed by atoms with Gasteiger partial charge in [-0.15, -0.1) is 0 Å². The Labute approximate surface area is 144 Å². The summed E-state index contributed by atoms with van der Waals surface area (Å²) in [5.74, 6) is 0.158. The lowest BCUT2D eigenvalue weighted by Crippen LogP contribution is -2.49. The van der Waals surface area contributed by atoms with Crippen LogP contribution in [0.3, 0.4) is 0 Å². The first-order valence-corrected chi connectivity index (χ1v) is 8.62. The Morgan fingerprint density at radius 2 is 1.92 bits per heavy atom. The molecule has 4 heteroatoms. The average molecular weight is 325 g/mol. The van der Waals surface area contributed by atoms with E-state index in [1.54, 1.807) is 0 Å². The first-order valence-electron chi connectivity index (χ1n) is 8.62. The van der Waals surface area contributed by atoms with Gasteiger partial charge in [-0.05, 0) is 51.0 Å². The Balaban J connectivity index is 1.94. The van der Waals surface area contributed by atoms with E-state index in [2.05, 4.69) is 74.1 Å². The minimum Gasteiger partial charge on any atom is -0.348 e. The zero-order valence-corrected chi connectivity index (χ0v) is 15.0. The molecule has 0 saturated carbocycles. The van der Waals surface area contributed by atoms with Gasteiger partial charge in [-0.25, -0.2) is 0 Å². The van der Waals surface area contributed by atoms with Gasteiger partial charge in [0.1, 0.15) is 0 Å². The fraction of sp³-hybridized carbons (Fsp3) is 0.450. The van der Waals surface area contributed by atoms with Crippen molar-refractivity contribution in [3.8, 4) is 0 Å². The van der Waals surface area contributed by atoms with Crippen LogP contribution >= 0.6 is 0 Å². The van der Waals surface area contributed by atoms with Crippen molar-refractivity contribution < 1.29 is 4.79 Å². The largest absolute Gasteiger partial charge is 0.348 e. The molecule has 2 heterocycles. The molecule has 1 aliphatic heterocycles. The monoisotopic (exact) mass is 325 g/mol. The van der Waals surface area contributed by atoms with E-state index in [4.69, 9.17) is 0 Å². The number of carbonyl (C=O) groups is 1. The van der Waals surface area contributed by atoms with Crippen LogP contribution in [0.15, 0.2) is 42.6 Å². The van der Waals surface area contributed by atoms with Gasteiger partial charge in [0, 0.05) is 30.5 Å². The normalized spacial score (nSPS) is 17.7. The summed E-state index contributed by atoms with van der Waals surface area (Å²) in [7, 11) is 0. The summed E-state index contributed by atoms with van der Waals surface area (Å²) in [5.41, 5.74) is 3.56. The Bertz CT molecular complexity index is 726. The smallest absolute Gasteiger partial charge is 0.237 e. The second-order valence-corrected chi connectivity index (χ2v) is 7.58. The van der Waals surface area contributed by atoms with Gasteiger partial charge in [-0.1, -0.05) is 24.3 Å². The van der Waals surface area contributed by atoms with Crippen LogP contribution in [0.5, 0.6) is 0 Å². The quantitative estimate of drug-likeness (QED) is 0.941. The van der Waals surface area contributed by atoms with Crippen molar-refractivity contribution in [2.24, 2.45) is 0 Å². The van der Waals surface area contributed by atoms with E-state index in [9.17, 15) is 4.79 Å². The number of rotatable bonds is 3. The van der Waals surface area contributed by atoms with E-state index >= 15 is 0 Å². The Morgan fingerprint density at radius 1 is 1.17 bits per heavy atom. The second-order valence-electron chi connectivity index (χ2n) is 7.58. The summed E-state index contributed by atoms with van der Waals surface area (Å²) in [6.07, 6.45) is 2.11. The highest BCUT2D eigenvalue weighted by Gasteiger charge is 2.32. The molecule has 0 aliphatic carbocycles. The minimum atomic E-state index is -0.0657. The zero-order valence-electron chi connectivity index (χ0n) is 15.0. The summed E-state index contributed by atoms with van der Waals surface area (Å²) in [6, 6.07) is 12.6. The Hall–Kier alpha value is -2.07. The second kappa shape index (κ2) is 6.44. The predicted octanol–water partition coefficient (Wildman–Crippen LogP) is 3.12. The molecule has 0 fully saturated rings. The number of nitrogens with zero attached hydrogens (tertiary/aromatic N) is 2. The van der Waals surface area contributed by atoms with E-state index in [1.165, 1.54) is 16.8 Å². The van der Waals surface area contributed by atoms with Crippen LogP contribution in [0.2, 0.25) is 0 Å². The summed E-state index contributed by atoms with van der Waals surface area (Å²) < 4.78 is 2.26. The first-order chi connectivity index (χ1) is 11.4. The minimum absolute atomic E-state index is 0.00998. The summed E-state index contributed by atoms with van der Waals surface area (Å²) in [6.45, 7) is 10.3. The van der Waals surface area contributed by atoms with Gasteiger partial charge >= 0.3 is 0 Å². The van der Waals surface area contributed by atoms with Crippen molar-refractivity contribution in [1.82, 2.24) is 14.8 Å². The van der Waals surface area contributed by atoms with E-state index < -0.39 is 0 Å². The fourth-order valence-electron chi connectivity index (χ4n) is 3.32. The molecule has 1 unspecified atom stereocenters. The van der Waals surface area contributed by atoms with Crippen LogP contribution in [0, 0.1) is 6.92 Å². The summed E-state index contributed by atoms with van der Waals surface area (Å²) in [4.78, 5) is 14.9. The number of aryl methyl sites for hydroxylation is 1. The van der Waals surface area contributed by atoms with Crippen molar-refractivity contribution >= 4 is 5.91 Å². The topological polar surface area (TPSA) is 37.3 Å². The third-order valence-corrected chi connectivity index (χ3v) is 4.61. The molecule has 0 bridgehead atoms. The van der Waals surface area contributed by atoms with Gasteiger partial charge in [0.25, 0.3) is 0 Å². The lowest BCUT2D eigenvalue weighted by molar-refractivity contribution is -0.133. The highest BCUT2D eigenvalue weighted by molar-refractivity contribution is 5.79. The van der Waals surface area contributed by atoms with Crippen LogP contribution in [0.4, 0.5) is 0 Å². The standard InChI is InChI=1S/C20H27N3O/c1-15-8-5-6-9-16(15)19-17-10-7-11-22(17)12-13-23(19)18(24)14-21-20(2,3)4/h5-11,19,21H,12-14H2,1-4H3. The number of carbonyl (C=O) groups excluding carboxylic acids is 1. The average Bonchev–Trinajstić information content (AvgIpc) is 3.00. The predicted molar refractivity (Wildman–Crippen MR) is 96.9 cm³/mol. The number of aromatic nitrogens is 1. The maximum Gasteiger partial charge on any atom is 0.237 e. The van der Waals surface area contributed by atoms with E-state index in [-0.39, 0.29) is 17.5 Å². The molecule has 1 amide bonds. The molecule has 0 saturated heterocycles. The third-order valence-electron chi connectivity index (χ3n) is 4.61. The number of hydrogen-bond donors (Lipinski definition) is 1. The summed E-state index contributed by atoms with van der Waals surface area (Å²) in [5, 5.41) is 3.33. The number of hydrogen-bond acceptors (Lipinski definition) is 2. The van der Waals surface area contributed by atoms with Gasteiger partial charge < -0.3 is 14.8 Å². The molecule has 1 aromatic carbocycles. The molecule has 3 rings (SSSR count). The maximum absolute atomic E-state index is 12.9. The van der Waals surface area contributed by atoms with Crippen molar-refractivity contribution in [2.75, 3.05) is 13.1 Å². The molecule has 4 nitrogen and oxygen atoms in total. The Morgan fingerprint density at radius 3 is 2.62 bits per heavy atom. The molecular formula is C20H27N3O. The number of benzene rings is 1. The molecule has 128 valence electrons. The Kier molecular flexibility index (Phi) is 4.50. The van der Waals surface area contributed by atoms with Crippen LogP contribution in [-0.4, -0.2) is 34.0 Å². The van der Waals surface area contributed by atoms with E-state index in [0.717, 1.165) is 13.1 Å². The fourth-order valence-corrected chi connectivity index (χ4v) is 3.32. The highest BCUT2D eigenvalue weighted by atomic mass is 16.2. The van der Waals surface area contributed by atoms with Gasteiger partial charge in [-0.2, -0.15) is 0 Å². The van der Waals surface area contributed by atoms with Crippen molar-refractivity contribution in [3.63, 3.8) is 0 Å². The van der Waals surface area contributed by atoms with E-state index in [1.807, 2.05) is 11.0 Å². The van der Waals surface area contributed by atoms with Gasteiger partial charge in [0.2, 0.25) is 5.91 Å². The van der Waals surface area contributed by atoms with Crippen LogP contribution in [-0.2, 0) is 11.3 Å².